The Morgan fingerprint density at radius 3 is 3.09 bits per heavy atom. The van der Waals surface area contributed by atoms with E-state index in [1.54, 1.807) is 18.7 Å². The minimum absolute atomic E-state index is 0.0119. The normalized spacial score (nSPS) is 19.0. The zero-order chi connectivity index (χ0) is 15.4. The number of imidazole rings is 1. The van der Waals surface area contributed by atoms with Crippen molar-refractivity contribution in [3.8, 4) is 5.82 Å². The molecule has 2 aromatic heterocycles. The average Bonchev–Trinajstić information content (AvgIpc) is 3.07. The van der Waals surface area contributed by atoms with Gasteiger partial charge in [0.05, 0.1) is 6.04 Å². The van der Waals surface area contributed by atoms with Crippen LogP contribution in [0.25, 0.3) is 5.82 Å². The van der Waals surface area contributed by atoms with Crippen LogP contribution >= 0.6 is 0 Å². The quantitative estimate of drug-likeness (QED) is 0.926. The topological polar surface area (TPSA) is 63.1 Å². The van der Waals surface area contributed by atoms with Gasteiger partial charge >= 0.3 is 0 Å². The lowest BCUT2D eigenvalue weighted by atomic mass is 10.0. The lowest BCUT2D eigenvalue weighted by molar-refractivity contribution is -0.127. The van der Waals surface area contributed by atoms with Crippen LogP contribution < -0.4 is 5.32 Å². The molecular formula is C16H21N5O. The second-order valence-electron chi connectivity index (χ2n) is 5.67. The first-order valence-corrected chi connectivity index (χ1v) is 7.66. The Balaban J connectivity index is 1.68. The summed E-state index contributed by atoms with van der Waals surface area (Å²) in [6, 6.07) is 3.85. The van der Waals surface area contributed by atoms with Crippen LogP contribution in [0.3, 0.4) is 0 Å². The summed E-state index contributed by atoms with van der Waals surface area (Å²) in [5, 5.41) is 3.05. The fourth-order valence-corrected chi connectivity index (χ4v) is 2.89. The number of nitrogens with zero attached hydrogens (tertiary/aromatic N) is 4. The van der Waals surface area contributed by atoms with Gasteiger partial charge in [-0.05, 0) is 32.5 Å². The monoisotopic (exact) mass is 299 g/mol. The Morgan fingerprint density at radius 1 is 1.41 bits per heavy atom. The summed E-state index contributed by atoms with van der Waals surface area (Å²) in [5.41, 5.74) is 0.979. The Bertz CT molecular complexity index is 625. The number of hydrogen-bond donors (Lipinski definition) is 1. The van der Waals surface area contributed by atoms with Gasteiger partial charge in [0.15, 0.2) is 0 Å². The van der Waals surface area contributed by atoms with Crippen LogP contribution in [0.2, 0.25) is 0 Å². The summed E-state index contributed by atoms with van der Waals surface area (Å²) in [6.07, 6.45) is 10.3. The molecule has 3 heterocycles. The molecule has 2 aromatic rings. The highest BCUT2D eigenvalue weighted by Crippen LogP contribution is 2.16. The lowest BCUT2D eigenvalue weighted by Crippen LogP contribution is -2.47. The molecule has 116 valence electrons. The highest BCUT2D eigenvalue weighted by atomic mass is 16.2. The Labute approximate surface area is 130 Å². The molecule has 1 amide bonds. The highest BCUT2D eigenvalue weighted by molar-refractivity contribution is 5.81. The van der Waals surface area contributed by atoms with Gasteiger partial charge in [0.1, 0.15) is 12.1 Å². The number of carbonyl (C=O) groups excluding carboxylic acids is 1. The standard InChI is InChI=1S/C16H21N5O/c1-20-9-3-2-6-14(20)16(22)19-11-13-5-4-7-18-15(13)21-10-8-17-12-21/h4-5,7-8,10,12,14H,2-3,6,9,11H2,1H3,(H,19,22). The van der Waals surface area contributed by atoms with Crippen LogP contribution in [-0.2, 0) is 11.3 Å². The zero-order valence-electron chi connectivity index (χ0n) is 12.8. The summed E-state index contributed by atoms with van der Waals surface area (Å²) in [7, 11) is 2.02. The molecule has 0 aliphatic carbocycles. The van der Waals surface area contributed by atoms with Crippen molar-refractivity contribution >= 4 is 5.91 Å². The number of likely N-dealkylation sites (N-methyl/N-ethyl adjacent to an activating group) is 1. The van der Waals surface area contributed by atoms with Gasteiger partial charge in [-0.25, -0.2) is 9.97 Å². The molecule has 1 saturated heterocycles. The maximum Gasteiger partial charge on any atom is 0.237 e. The van der Waals surface area contributed by atoms with Gasteiger partial charge in [-0.15, -0.1) is 0 Å². The Morgan fingerprint density at radius 2 is 2.32 bits per heavy atom. The molecule has 0 aromatic carbocycles. The number of likely N-dealkylation sites (tertiary alicyclic amines) is 1. The summed E-state index contributed by atoms with van der Waals surface area (Å²) >= 11 is 0. The second-order valence-corrected chi connectivity index (χ2v) is 5.67. The molecule has 6 heteroatoms. The molecule has 1 atom stereocenters. The largest absolute Gasteiger partial charge is 0.351 e. The fraction of sp³-hybridized carbons (Fsp3) is 0.438. The van der Waals surface area contributed by atoms with E-state index in [-0.39, 0.29) is 11.9 Å². The number of carbonyl (C=O) groups is 1. The van der Waals surface area contributed by atoms with E-state index in [1.807, 2.05) is 29.9 Å². The van der Waals surface area contributed by atoms with Crippen molar-refractivity contribution in [1.29, 1.82) is 0 Å². The molecule has 1 aliphatic heterocycles. The average molecular weight is 299 g/mol. The molecule has 0 spiro atoms. The van der Waals surface area contributed by atoms with E-state index in [0.29, 0.717) is 6.54 Å². The minimum Gasteiger partial charge on any atom is -0.351 e. The van der Waals surface area contributed by atoms with Crippen molar-refractivity contribution < 1.29 is 4.79 Å². The van der Waals surface area contributed by atoms with Crippen molar-refractivity contribution in [1.82, 2.24) is 24.8 Å². The summed E-state index contributed by atoms with van der Waals surface area (Å²) in [4.78, 5) is 23.0. The lowest BCUT2D eigenvalue weighted by Gasteiger charge is -2.31. The van der Waals surface area contributed by atoms with E-state index in [2.05, 4.69) is 20.2 Å². The number of aromatic nitrogens is 3. The molecule has 1 aliphatic rings. The predicted molar refractivity (Wildman–Crippen MR) is 83.5 cm³/mol. The Hall–Kier alpha value is -2.21. The van der Waals surface area contributed by atoms with E-state index in [9.17, 15) is 4.79 Å². The van der Waals surface area contributed by atoms with Crippen molar-refractivity contribution in [2.45, 2.75) is 31.8 Å². The maximum atomic E-state index is 12.4. The number of rotatable bonds is 4. The number of amides is 1. The molecule has 1 N–H and O–H groups in total. The number of nitrogens with one attached hydrogen (secondary N) is 1. The maximum absolute atomic E-state index is 12.4. The molecule has 3 rings (SSSR count). The van der Waals surface area contributed by atoms with Gasteiger partial charge in [-0.2, -0.15) is 0 Å². The number of piperidine rings is 1. The van der Waals surface area contributed by atoms with Gasteiger partial charge in [0, 0.05) is 30.7 Å². The molecule has 0 saturated carbocycles. The van der Waals surface area contributed by atoms with Gasteiger partial charge in [-0.1, -0.05) is 12.5 Å². The fourth-order valence-electron chi connectivity index (χ4n) is 2.89. The van der Waals surface area contributed by atoms with Crippen molar-refractivity contribution in [3.05, 3.63) is 42.6 Å². The van der Waals surface area contributed by atoms with Crippen LogP contribution in [0.1, 0.15) is 24.8 Å². The van der Waals surface area contributed by atoms with E-state index < -0.39 is 0 Å². The van der Waals surface area contributed by atoms with Gasteiger partial charge in [0.2, 0.25) is 5.91 Å². The third-order valence-electron chi connectivity index (χ3n) is 4.14. The van der Waals surface area contributed by atoms with Crippen LogP contribution in [-0.4, -0.2) is 45.0 Å². The summed E-state index contributed by atoms with van der Waals surface area (Å²) < 4.78 is 1.86. The molecule has 0 radical (unpaired) electrons. The highest BCUT2D eigenvalue weighted by Gasteiger charge is 2.25. The Kier molecular flexibility index (Phi) is 4.48. The van der Waals surface area contributed by atoms with Crippen molar-refractivity contribution in [3.63, 3.8) is 0 Å². The smallest absolute Gasteiger partial charge is 0.237 e. The van der Waals surface area contributed by atoms with Crippen LogP contribution in [0.4, 0.5) is 0 Å². The molecule has 1 unspecified atom stereocenters. The number of pyridine rings is 1. The van der Waals surface area contributed by atoms with E-state index in [1.165, 1.54) is 6.42 Å². The first-order valence-electron chi connectivity index (χ1n) is 7.66. The summed E-state index contributed by atoms with van der Waals surface area (Å²) in [6.45, 7) is 1.47. The molecule has 22 heavy (non-hydrogen) atoms. The summed E-state index contributed by atoms with van der Waals surface area (Å²) in [5.74, 6) is 0.903. The van der Waals surface area contributed by atoms with E-state index >= 15 is 0 Å². The van der Waals surface area contributed by atoms with E-state index in [4.69, 9.17) is 0 Å². The SMILES string of the molecule is CN1CCCCC1C(=O)NCc1cccnc1-n1ccnc1. The van der Waals surface area contributed by atoms with Gasteiger partial charge in [-0.3, -0.25) is 14.3 Å². The van der Waals surface area contributed by atoms with Gasteiger partial charge in [0.25, 0.3) is 0 Å². The number of hydrogen-bond acceptors (Lipinski definition) is 4. The first kappa shape index (κ1) is 14.7. The molecular weight excluding hydrogens is 278 g/mol. The van der Waals surface area contributed by atoms with Gasteiger partial charge < -0.3 is 5.32 Å². The van der Waals surface area contributed by atoms with Crippen LogP contribution in [0, 0.1) is 0 Å². The van der Waals surface area contributed by atoms with E-state index in [0.717, 1.165) is 30.8 Å². The molecule has 6 nitrogen and oxygen atoms in total. The molecule has 1 fully saturated rings. The third-order valence-corrected chi connectivity index (χ3v) is 4.14. The first-order chi connectivity index (χ1) is 10.8. The molecule has 0 bridgehead atoms. The minimum atomic E-state index is -0.0119. The third kappa shape index (κ3) is 3.17. The second kappa shape index (κ2) is 6.70. The van der Waals surface area contributed by atoms with Crippen LogP contribution in [0.5, 0.6) is 0 Å². The zero-order valence-corrected chi connectivity index (χ0v) is 12.8. The van der Waals surface area contributed by atoms with Crippen molar-refractivity contribution in [2.24, 2.45) is 0 Å². The van der Waals surface area contributed by atoms with Crippen LogP contribution in [0.15, 0.2) is 37.1 Å². The predicted octanol–water partition coefficient (Wildman–Crippen LogP) is 1.37. The van der Waals surface area contributed by atoms with Crippen molar-refractivity contribution in [2.75, 3.05) is 13.6 Å².